The Morgan fingerprint density at radius 1 is 1.36 bits per heavy atom. The number of nitrogens with one attached hydrogen (secondary N) is 2. The molecule has 0 bridgehead atoms. The normalized spacial score (nSPS) is 23.8. The SMILES string of the molecule is Cc1cc(=O)n2c(n1)NC(=NC[C@@H]1CCCO1)N[C@@H]2c1ccccc1. The molecule has 0 radical (unpaired) electrons. The van der Waals surface area contributed by atoms with Crippen LogP contribution in [0.25, 0.3) is 0 Å². The van der Waals surface area contributed by atoms with Crippen LogP contribution < -0.4 is 16.2 Å². The van der Waals surface area contributed by atoms with E-state index in [0.29, 0.717) is 24.1 Å². The molecule has 4 rings (SSSR count). The van der Waals surface area contributed by atoms with Crippen LogP contribution in [0.1, 0.15) is 30.3 Å². The van der Waals surface area contributed by atoms with E-state index in [-0.39, 0.29) is 17.8 Å². The molecule has 1 saturated heterocycles. The second kappa shape index (κ2) is 6.68. The number of hydrogen-bond donors (Lipinski definition) is 2. The van der Waals surface area contributed by atoms with Crippen LogP contribution in [0.5, 0.6) is 0 Å². The van der Waals surface area contributed by atoms with Gasteiger partial charge in [0.1, 0.15) is 6.17 Å². The number of aliphatic imine (C=N–C) groups is 1. The Balaban J connectivity index is 1.70. The Bertz CT molecular complexity index is 840. The first-order valence-corrected chi connectivity index (χ1v) is 8.55. The van der Waals surface area contributed by atoms with Gasteiger partial charge >= 0.3 is 0 Å². The van der Waals surface area contributed by atoms with Crippen molar-refractivity contribution < 1.29 is 4.74 Å². The Kier molecular flexibility index (Phi) is 4.23. The molecule has 25 heavy (non-hydrogen) atoms. The van der Waals surface area contributed by atoms with Crippen molar-refractivity contribution in [2.75, 3.05) is 18.5 Å². The van der Waals surface area contributed by atoms with Gasteiger partial charge in [-0.3, -0.25) is 19.7 Å². The summed E-state index contributed by atoms with van der Waals surface area (Å²) in [6, 6.07) is 11.4. The number of rotatable bonds is 3. The van der Waals surface area contributed by atoms with Gasteiger partial charge in [-0.2, -0.15) is 0 Å². The van der Waals surface area contributed by atoms with E-state index < -0.39 is 0 Å². The standard InChI is InChI=1S/C18H21N5O2/c1-12-10-15(24)23-16(13-6-3-2-4-7-13)21-17(22-18(23)20-12)19-11-14-8-5-9-25-14/h2-4,6-7,10,14,16H,5,8-9,11H2,1H3,(H2,19,20,21,22)/t14-,16-/m0/s1. The molecule has 0 amide bonds. The quantitative estimate of drug-likeness (QED) is 0.889. The first-order valence-electron chi connectivity index (χ1n) is 8.55. The minimum Gasteiger partial charge on any atom is -0.376 e. The lowest BCUT2D eigenvalue weighted by Crippen LogP contribution is -2.48. The fraction of sp³-hybridized carbons (Fsp3) is 0.389. The molecule has 2 aliphatic rings. The number of fused-ring (bicyclic) bond motifs is 1. The smallest absolute Gasteiger partial charge is 0.257 e. The van der Waals surface area contributed by atoms with E-state index in [4.69, 9.17) is 4.74 Å². The van der Waals surface area contributed by atoms with E-state index in [9.17, 15) is 4.79 Å². The van der Waals surface area contributed by atoms with Crippen LogP contribution in [0.4, 0.5) is 5.95 Å². The average Bonchev–Trinajstić information content (AvgIpc) is 3.13. The van der Waals surface area contributed by atoms with Crippen LogP contribution in [0.15, 0.2) is 46.2 Å². The summed E-state index contributed by atoms with van der Waals surface area (Å²) in [5, 5.41) is 6.45. The zero-order valence-electron chi connectivity index (χ0n) is 14.1. The van der Waals surface area contributed by atoms with Crippen LogP contribution in [0.2, 0.25) is 0 Å². The van der Waals surface area contributed by atoms with Gasteiger partial charge in [0.2, 0.25) is 5.95 Å². The van der Waals surface area contributed by atoms with Crippen molar-refractivity contribution in [3.63, 3.8) is 0 Å². The average molecular weight is 339 g/mol. The summed E-state index contributed by atoms with van der Waals surface area (Å²) in [6.07, 6.45) is 1.94. The minimum atomic E-state index is -0.346. The first-order chi connectivity index (χ1) is 12.2. The maximum Gasteiger partial charge on any atom is 0.257 e. The highest BCUT2D eigenvalue weighted by atomic mass is 16.5. The molecule has 7 nitrogen and oxygen atoms in total. The fourth-order valence-electron chi connectivity index (χ4n) is 3.21. The molecule has 1 aromatic heterocycles. The Labute approximate surface area is 145 Å². The van der Waals surface area contributed by atoms with Crippen molar-refractivity contribution in [3.05, 3.63) is 58.0 Å². The second-order valence-corrected chi connectivity index (χ2v) is 6.34. The molecule has 2 N–H and O–H groups in total. The van der Waals surface area contributed by atoms with Crippen molar-refractivity contribution in [3.8, 4) is 0 Å². The van der Waals surface area contributed by atoms with Crippen LogP contribution >= 0.6 is 0 Å². The van der Waals surface area contributed by atoms with Crippen LogP contribution in [-0.2, 0) is 4.74 Å². The summed E-state index contributed by atoms with van der Waals surface area (Å²) in [6.45, 7) is 3.21. The third kappa shape index (κ3) is 3.28. The molecule has 1 fully saturated rings. The zero-order chi connectivity index (χ0) is 17.2. The van der Waals surface area contributed by atoms with E-state index in [1.807, 2.05) is 37.3 Å². The summed E-state index contributed by atoms with van der Waals surface area (Å²) >= 11 is 0. The molecule has 2 atom stereocenters. The van der Waals surface area contributed by atoms with Crippen LogP contribution in [0, 0.1) is 6.92 Å². The predicted octanol–water partition coefficient (Wildman–Crippen LogP) is 1.65. The second-order valence-electron chi connectivity index (χ2n) is 6.34. The number of guanidine groups is 1. The van der Waals surface area contributed by atoms with E-state index in [2.05, 4.69) is 20.6 Å². The number of aromatic nitrogens is 2. The maximum absolute atomic E-state index is 12.5. The molecule has 2 aliphatic heterocycles. The van der Waals surface area contributed by atoms with Crippen molar-refractivity contribution in [2.45, 2.75) is 32.0 Å². The number of hydrogen-bond acceptors (Lipinski definition) is 4. The largest absolute Gasteiger partial charge is 0.376 e. The topological polar surface area (TPSA) is 80.5 Å². The molecule has 0 aliphatic carbocycles. The molecule has 0 spiro atoms. The third-order valence-electron chi connectivity index (χ3n) is 4.43. The van der Waals surface area contributed by atoms with E-state index in [0.717, 1.165) is 25.0 Å². The Morgan fingerprint density at radius 2 is 2.20 bits per heavy atom. The fourth-order valence-corrected chi connectivity index (χ4v) is 3.21. The monoisotopic (exact) mass is 339 g/mol. The summed E-state index contributed by atoms with van der Waals surface area (Å²) in [5.74, 6) is 1.12. The van der Waals surface area contributed by atoms with E-state index in [1.54, 1.807) is 4.57 Å². The lowest BCUT2D eigenvalue weighted by Gasteiger charge is -2.31. The highest BCUT2D eigenvalue weighted by molar-refractivity contribution is 5.93. The van der Waals surface area contributed by atoms with Gasteiger partial charge in [0.05, 0.1) is 12.6 Å². The summed E-state index contributed by atoms with van der Waals surface area (Å²) in [5.41, 5.74) is 1.55. The number of anilines is 1. The van der Waals surface area contributed by atoms with E-state index >= 15 is 0 Å². The number of nitrogens with zero attached hydrogens (tertiary/aromatic N) is 3. The van der Waals surface area contributed by atoms with E-state index in [1.165, 1.54) is 6.07 Å². The van der Waals surface area contributed by atoms with Gasteiger partial charge in [0.15, 0.2) is 5.96 Å². The van der Waals surface area contributed by atoms with Gasteiger partial charge in [0, 0.05) is 18.4 Å². The summed E-state index contributed by atoms with van der Waals surface area (Å²) in [7, 11) is 0. The van der Waals surface area contributed by atoms with Crippen LogP contribution in [-0.4, -0.2) is 34.8 Å². The number of benzene rings is 1. The van der Waals surface area contributed by atoms with Crippen molar-refractivity contribution >= 4 is 11.9 Å². The third-order valence-corrected chi connectivity index (χ3v) is 4.43. The Morgan fingerprint density at radius 3 is 2.96 bits per heavy atom. The van der Waals surface area contributed by atoms with Crippen molar-refractivity contribution in [1.82, 2.24) is 14.9 Å². The molecule has 7 heteroatoms. The molecular weight excluding hydrogens is 318 g/mol. The molecular formula is C18H21N5O2. The van der Waals surface area contributed by atoms with Crippen LogP contribution in [0.3, 0.4) is 0 Å². The Hall–Kier alpha value is -2.67. The minimum absolute atomic E-state index is 0.102. The van der Waals surface area contributed by atoms with Gasteiger partial charge in [-0.25, -0.2) is 4.98 Å². The summed E-state index contributed by atoms with van der Waals surface area (Å²) < 4.78 is 7.25. The van der Waals surface area contributed by atoms with Gasteiger partial charge in [-0.05, 0) is 25.3 Å². The highest BCUT2D eigenvalue weighted by Crippen LogP contribution is 2.21. The zero-order valence-corrected chi connectivity index (χ0v) is 14.1. The van der Waals surface area contributed by atoms with Gasteiger partial charge in [-0.1, -0.05) is 30.3 Å². The number of ether oxygens (including phenoxy) is 1. The number of aryl methyl sites for hydroxylation is 1. The van der Waals surface area contributed by atoms with Crippen molar-refractivity contribution in [2.24, 2.45) is 4.99 Å². The maximum atomic E-state index is 12.5. The molecule has 3 heterocycles. The molecule has 2 aromatic rings. The molecule has 0 unspecified atom stereocenters. The molecule has 130 valence electrons. The molecule has 1 aromatic carbocycles. The predicted molar refractivity (Wildman–Crippen MR) is 95.8 cm³/mol. The highest BCUT2D eigenvalue weighted by Gasteiger charge is 2.26. The first kappa shape index (κ1) is 15.8. The summed E-state index contributed by atoms with van der Waals surface area (Å²) in [4.78, 5) is 21.6. The lowest BCUT2D eigenvalue weighted by atomic mass is 10.1. The molecule has 0 saturated carbocycles. The van der Waals surface area contributed by atoms with Gasteiger partial charge in [0.25, 0.3) is 5.56 Å². The lowest BCUT2D eigenvalue weighted by molar-refractivity contribution is 0.117. The van der Waals surface area contributed by atoms with Gasteiger partial charge < -0.3 is 10.1 Å². The van der Waals surface area contributed by atoms with Gasteiger partial charge in [-0.15, -0.1) is 0 Å². The van der Waals surface area contributed by atoms with Crippen molar-refractivity contribution in [1.29, 1.82) is 0 Å².